The minimum atomic E-state index is -0.488. The molecule has 2 aromatic rings. The van der Waals surface area contributed by atoms with Crippen molar-refractivity contribution in [2.75, 3.05) is 6.61 Å². The highest BCUT2D eigenvalue weighted by molar-refractivity contribution is 5.97. The second-order valence-corrected chi connectivity index (χ2v) is 5.66. The van der Waals surface area contributed by atoms with Gasteiger partial charge in [-0.1, -0.05) is 18.2 Å². The van der Waals surface area contributed by atoms with Crippen molar-refractivity contribution in [3.63, 3.8) is 0 Å². The molecule has 0 radical (unpaired) electrons. The van der Waals surface area contributed by atoms with Gasteiger partial charge in [-0.2, -0.15) is 0 Å². The molecule has 1 aliphatic carbocycles. The molecule has 5 heteroatoms. The van der Waals surface area contributed by atoms with E-state index in [1.54, 1.807) is 6.07 Å². The van der Waals surface area contributed by atoms with Crippen LogP contribution in [0.15, 0.2) is 42.5 Å². The average molecular weight is 311 g/mol. The number of fused-ring (bicyclic) bond motifs is 1. The van der Waals surface area contributed by atoms with Crippen LogP contribution in [0.4, 0.5) is 5.69 Å². The quantitative estimate of drug-likeness (QED) is 0.479. The Hall–Kier alpha value is -2.69. The van der Waals surface area contributed by atoms with Crippen LogP contribution in [0.25, 0.3) is 0 Å². The van der Waals surface area contributed by atoms with Crippen LogP contribution in [0.3, 0.4) is 0 Å². The third kappa shape index (κ3) is 3.56. The molecule has 5 nitrogen and oxygen atoms in total. The number of nitrogens with zero attached hydrogens (tertiary/aromatic N) is 1. The first-order chi connectivity index (χ1) is 11.1. The Morgan fingerprint density at radius 1 is 1.09 bits per heavy atom. The minimum absolute atomic E-state index is 0.0521. The van der Waals surface area contributed by atoms with E-state index >= 15 is 0 Å². The number of hydrogen-bond acceptors (Lipinski definition) is 4. The Labute approximate surface area is 134 Å². The maximum Gasteiger partial charge on any atom is 0.273 e. The molecule has 0 atom stereocenters. The molecule has 0 N–H and O–H groups in total. The van der Waals surface area contributed by atoms with E-state index in [0.717, 1.165) is 19.3 Å². The number of aryl methyl sites for hydroxylation is 2. The van der Waals surface area contributed by atoms with Gasteiger partial charge < -0.3 is 4.74 Å². The standard InChI is InChI=1S/C18H17NO4/c20-18(12-23-17-7-3-6-16(11-17)19(21)22)15-9-8-13-4-1-2-5-14(13)10-15/h3,6-11H,1-2,4-5,12H2. The van der Waals surface area contributed by atoms with Crippen molar-refractivity contribution in [2.24, 2.45) is 0 Å². The molecule has 0 aromatic heterocycles. The van der Waals surface area contributed by atoms with Crippen LogP contribution in [0.1, 0.15) is 34.3 Å². The number of Topliss-reactive ketones (excluding diaryl/α,β-unsaturated/α-hetero) is 1. The van der Waals surface area contributed by atoms with Crippen molar-refractivity contribution in [2.45, 2.75) is 25.7 Å². The molecular formula is C18H17NO4. The highest BCUT2D eigenvalue weighted by Gasteiger charge is 2.14. The van der Waals surface area contributed by atoms with E-state index in [9.17, 15) is 14.9 Å². The predicted octanol–water partition coefficient (Wildman–Crippen LogP) is 3.74. The van der Waals surface area contributed by atoms with Gasteiger partial charge in [0.05, 0.1) is 11.0 Å². The Morgan fingerprint density at radius 3 is 2.65 bits per heavy atom. The number of nitro benzene ring substituents is 1. The molecule has 3 rings (SSSR count). The molecule has 0 aliphatic heterocycles. The van der Waals surface area contributed by atoms with Gasteiger partial charge in [0.1, 0.15) is 5.75 Å². The number of ether oxygens (including phenoxy) is 1. The van der Waals surface area contributed by atoms with Gasteiger partial charge in [-0.25, -0.2) is 0 Å². The van der Waals surface area contributed by atoms with Crippen LogP contribution >= 0.6 is 0 Å². The summed E-state index contributed by atoms with van der Waals surface area (Å²) in [6.45, 7) is -0.125. The molecular weight excluding hydrogens is 294 g/mol. The van der Waals surface area contributed by atoms with E-state index in [1.165, 1.54) is 35.7 Å². The van der Waals surface area contributed by atoms with E-state index in [1.807, 2.05) is 18.2 Å². The van der Waals surface area contributed by atoms with Gasteiger partial charge >= 0.3 is 0 Å². The SMILES string of the molecule is O=C(COc1cccc([N+](=O)[O-])c1)c1ccc2c(c1)CCCC2. The molecule has 0 saturated heterocycles. The lowest BCUT2D eigenvalue weighted by Crippen LogP contribution is -2.13. The maximum absolute atomic E-state index is 12.3. The second-order valence-electron chi connectivity index (χ2n) is 5.66. The minimum Gasteiger partial charge on any atom is -0.485 e. The zero-order chi connectivity index (χ0) is 16.2. The lowest BCUT2D eigenvalue weighted by Gasteiger charge is -2.16. The molecule has 0 heterocycles. The Kier molecular flexibility index (Phi) is 4.37. The molecule has 1 aliphatic rings. The predicted molar refractivity (Wildman–Crippen MR) is 86.0 cm³/mol. The van der Waals surface area contributed by atoms with Crippen LogP contribution in [-0.2, 0) is 12.8 Å². The fourth-order valence-corrected chi connectivity index (χ4v) is 2.83. The van der Waals surface area contributed by atoms with E-state index in [4.69, 9.17) is 4.74 Å². The molecule has 0 saturated carbocycles. The van der Waals surface area contributed by atoms with Crippen molar-refractivity contribution >= 4 is 11.5 Å². The van der Waals surface area contributed by atoms with Crippen LogP contribution in [0.5, 0.6) is 5.75 Å². The molecule has 0 amide bonds. The topological polar surface area (TPSA) is 69.4 Å². The van der Waals surface area contributed by atoms with Crippen molar-refractivity contribution in [1.82, 2.24) is 0 Å². The Bertz CT molecular complexity index is 754. The van der Waals surface area contributed by atoms with Crippen LogP contribution in [0.2, 0.25) is 0 Å². The Morgan fingerprint density at radius 2 is 1.87 bits per heavy atom. The molecule has 118 valence electrons. The summed E-state index contributed by atoms with van der Waals surface area (Å²) in [6.07, 6.45) is 4.46. The molecule has 0 fully saturated rings. The van der Waals surface area contributed by atoms with E-state index in [0.29, 0.717) is 11.3 Å². The number of rotatable bonds is 5. The molecule has 0 spiro atoms. The van der Waals surface area contributed by atoms with E-state index in [2.05, 4.69) is 0 Å². The maximum atomic E-state index is 12.3. The first kappa shape index (κ1) is 15.2. The summed E-state index contributed by atoms with van der Waals surface area (Å²) in [6, 6.07) is 11.7. The number of non-ortho nitro benzene ring substituents is 1. The summed E-state index contributed by atoms with van der Waals surface area (Å²) in [5.74, 6) is 0.204. The normalized spacial score (nSPS) is 13.2. The summed E-state index contributed by atoms with van der Waals surface area (Å²) in [5.41, 5.74) is 3.16. The average Bonchev–Trinajstić information content (AvgIpc) is 2.59. The van der Waals surface area contributed by atoms with Crippen LogP contribution in [0, 0.1) is 10.1 Å². The van der Waals surface area contributed by atoms with E-state index < -0.39 is 4.92 Å². The van der Waals surface area contributed by atoms with Crippen molar-refractivity contribution < 1.29 is 14.5 Å². The largest absolute Gasteiger partial charge is 0.485 e. The molecule has 2 aromatic carbocycles. The monoisotopic (exact) mass is 311 g/mol. The number of nitro groups is 1. The molecule has 0 bridgehead atoms. The molecule has 23 heavy (non-hydrogen) atoms. The number of hydrogen-bond donors (Lipinski definition) is 0. The van der Waals surface area contributed by atoms with Gasteiger partial charge in [0.25, 0.3) is 5.69 Å². The summed E-state index contributed by atoms with van der Waals surface area (Å²) < 4.78 is 5.40. The molecule has 0 unspecified atom stereocenters. The fraction of sp³-hybridized carbons (Fsp3) is 0.278. The summed E-state index contributed by atoms with van der Waals surface area (Å²) in [4.78, 5) is 22.5. The van der Waals surface area contributed by atoms with Crippen molar-refractivity contribution in [3.8, 4) is 5.75 Å². The first-order valence-corrected chi connectivity index (χ1v) is 7.66. The van der Waals surface area contributed by atoms with E-state index in [-0.39, 0.29) is 18.1 Å². The zero-order valence-corrected chi connectivity index (χ0v) is 12.7. The van der Waals surface area contributed by atoms with Crippen LogP contribution in [-0.4, -0.2) is 17.3 Å². The lowest BCUT2D eigenvalue weighted by molar-refractivity contribution is -0.384. The summed E-state index contributed by atoms with van der Waals surface area (Å²) >= 11 is 0. The summed E-state index contributed by atoms with van der Waals surface area (Å²) in [5, 5.41) is 10.7. The van der Waals surface area contributed by atoms with Gasteiger partial charge in [-0.15, -0.1) is 0 Å². The van der Waals surface area contributed by atoms with Crippen molar-refractivity contribution in [1.29, 1.82) is 0 Å². The number of ketones is 1. The van der Waals surface area contributed by atoms with Gasteiger partial charge in [0.2, 0.25) is 0 Å². The fourth-order valence-electron chi connectivity index (χ4n) is 2.83. The smallest absolute Gasteiger partial charge is 0.273 e. The highest BCUT2D eigenvalue weighted by atomic mass is 16.6. The van der Waals surface area contributed by atoms with Gasteiger partial charge in [-0.05, 0) is 48.9 Å². The van der Waals surface area contributed by atoms with Gasteiger partial charge in [0.15, 0.2) is 12.4 Å². The van der Waals surface area contributed by atoms with Gasteiger partial charge in [0, 0.05) is 11.6 Å². The second kappa shape index (κ2) is 6.60. The highest BCUT2D eigenvalue weighted by Crippen LogP contribution is 2.23. The Balaban J connectivity index is 1.67. The number of benzene rings is 2. The zero-order valence-electron chi connectivity index (χ0n) is 12.7. The third-order valence-corrected chi connectivity index (χ3v) is 4.07. The first-order valence-electron chi connectivity index (χ1n) is 7.66. The number of carbonyl (C=O) groups excluding carboxylic acids is 1. The van der Waals surface area contributed by atoms with Crippen molar-refractivity contribution in [3.05, 3.63) is 69.3 Å². The van der Waals surface area contributed by atoms with Crippen LogP contribution < -0.4 is 4.74 Å². The summed E-state index contributed by atoms with van der Waals surface area (Å²) in [7, 11) is 0. The number of carbonyl (C=O) groups is 1. The van der Waals surface area contributed by atoms with Gasteiger partial charge in [-0.3, -0.25) is 14.9 Å². The lowest BCUT2D eigenvalue weighted by atomic mass is 9.90. The third-order valence-electron chi connectivity index (χ3n) is 4.07.